The summed E-state index contributed by atoms with van der Waals surface area (Å²) in [7, 11) is 7.22. The molecule has 3 aromatic carbocycles. The van der Waals surface area contributed by atoms with Crippen molar-refractivity contribution in [1.29, 1.82) is 0 Å². The van der Waals surface area contributed by atoms with E-state index in [2.05, 4.69) is 12.2 Å². The Hall–Kier alpha value is -4.13. The first kappa shape index (κ1) is 29.4. The van der Waals surface area contributed by atoms with Crippen molar-refractivity contribution >= 4 is 5.91 Å². The molecule has 0 spiro atoms. The van der Waals surface area contributed by atoms with Gasteiger partial charge in [-0.2, -0.15) is 0 Å². The van der Waals surface area contributed by atoms with E-state index >= 15 is 0 Å². The van der Waals surface area contributed by atoms with Gasteiger partial charge in [-0.1, -0.05) is 31.2 Å². The van der Waals surface area contributed by atoms with Gasteiger partial charge in [0, 0.05) is 25.2 Å². The molecular weight excluding hydrogens is 492 g/mol. The van der Waals surface area contributed by atoms with Gasteiger partial charge >= 0.3 is 0 Å². The van der Waals surface area contributed by atoms with Crippen molar-refractivity contribution in [3.8, 4) is 23.0 Å². The summed E-state index contributed by atoms with van der Waals surface area (Å²) in [6.45, 7) is 6.64. The van der Waals surface area contributed by atoms with Crippen LogP contribution in [0.3, 0.4) is 0 Å². The minimum absolute atomic E-state index is 0.0750. The SMILES string of the molecule is CC[C@@H](NC(=O)c1ccc(OCc2ccc(OC)cc2)c(OCc2ccc(OC)cc2)c1C)/C(C)=C/N(C)C. The van der Waals surface area contributed by atoms with E-state index in [4.69, 9.17) is 18.9 Å². The van der Waals surface area contributed by atoms with Gasteiger partial charge in [-0.05, 0) is 79.6 Å². The van der Waals surface area contributed by atoms with Gasteiger partial charge in [-0.3, -0.25) is 4.79 Å². The molecule has 39 heavy (non-hydrogen) atoms. The summed E-state index contributed by atoms with van der Waals surface area (Å²) < 4.78 is 23.0. The molecule has 0 aliphatic carbocycles. The van der Waals surface area contributed by atoms with Crippen LogP contribution in [-0.2, 0) is 13.2 Å². The molecule has 7 heteroatoms. The molecular formula is C32H40N2O5. The zero-order chi connectivity index (χ0) is 28.4. The zero-order valence-electron chi connectivity index (χ0n) is 24.0. The quantitative estimate of drug-likeness (QED) is 0.285. The van der Waals surface area contributed by atoms with E-state index in [1.165, 1.54) is 0 Å². The van der Waals surface area contributed by atoms with Gasteiger partial charge in [0.2, 0.25) is 0 Å². The maximum Gasteiger partial charge on any atom is 0.252 e. The van der Waals surface area contributed by atoms with Crippen molar-refractivity contribution in [3.63, 3.8) is 0 Å². The number of nitrogens with zero attached hydrogens (tertiary/aromatic N) is 1. The Kier molecular flexibility index (Phi) is 10.7. The monoisotopic (exact) mass is 532 g/mol. The van der Waals surface area contributed by atoms with Crippen LogP contribution in [0.5, 0.6) is 23.0 Å². The minimum atomic E-state index is -0.151. The standard InChI is InChI=1S/C32H40N2O5/c1-8-29(22(2)19-34(4)5)33-32(35)28-17-18-30(38-20-24-9-13-26(36-6)14-10-24)31(23(28)3)39-21-25-11-15-27(37-7)16-12-25/h9-19,29H,8,20-21H2,1-7H3,(H,33,35)/b22-19+/t29-/m1/s1. The third-order valence-electron chi connectivity index (χ3n) is 6.44. The largest absolute Gasteiger partial charge is 0.497 e. The highest BCUT2D eigenvalue weighted by Crippen LogP contribution is 2.35. The summed E-state index contributed by atoms with van der Waals surface area (Å²) >= 11 is 0. The summed E-state index contributed by atoms with van der Waals surface area (Å²) in [5.41, 5.74) is 4.32. The molecule has 0 fully saturated rings. The first-order valence-corrected chi connectivity index (χ1v) is 13.1. The van der Waals surface area contributed by atoms with Crippen molar-refractivity contribution in [3.05, 3.63) is 94.7 Å². The summed E-state index contributed by atoms with van der Waals surface area (Å²) in [6, 6.07) is 18.9. The lowest BCUT2D eigenvalue weighted by molar-refractivity contribution is 0.0940. The Bertz CT molecular complexity index is 1250. The van der Waals surface area contributed by atoms with Crippen molar-refractivity contribution in [1.82, 2.24) is 10.2 Å². The van der Waals surface area contributed by atoms with Gasteiger partial charge in [0.1, 0.15) is 24.7 Å². The molecule has 0 bridgehead atoms. The third kappa shape index (κ3) is 8.18. The number of carbonyl (C=O) groups excluding carboxylic acids is 1. The van der Waals surface area contributed by atoms with Gasteiger partial charge in [-0.15, -0.1) is 0 Å². The van der Waals surface area contributed by atoms with Crippen LogP contribution >= 0.6 is 0 Å². The lowest BCUT2D eigenvalue weighted by Gasteiger charge is -2.22. The first-order chi connectivity index (χ1) is 18.7. The highest BCUT2D eigenvalue weighted by Gasteiger charge is 2.20. The number of benzene rings is 3. The first-order valence-electron chi connectivity index (χ1n) is 13.1. The molecule has 0 aliphatic rings. The Morgan fingerprint density at radius 1 is 0.872 bits per heavy atom. The van der Waals surface area contributed by atoms with Crippen LogP contribution in [0.4, 0.5) is 0 Å². The average Bonchev–Trinajstić information content (AvgIpc) is 2.94. The van der Waals surface area contributed by atoms with Crippen LogP contribution < -0.4 is 24.3 Å². The van der Waals surface area contributed by atoms with Crippen LogP contribution in [0.15, 0.2) is 72.4 Å². The van der Waals surface area contributed by atoms with Crippen molar-refractivity contribution in [2.75, 3.05) is 28.3 Å². The fourth-order valence-electron chi connectivity index (χ4n) is 4.24. The molecule has 3 aromatic rings. The maximum absolute atomic E-state index is 13.4. The van der Waals surface area contributed by atoms with E-state index in [-0.39, 0.29) is 11.9 Å². The number of rotatable bonds is 13. The van der Waals surface area contributed by atoms with E-state index in [1.54, 1.807) is 26.4 Å². The second kappa shape index (κ2) is 14.1. The van der Waals surface area contributed by atoms with E-state index in [0.29, 0.717) is 30.3 Å². The number of nitrogens with one attached hydrogen (secondary N) is 1. The molecule has 0 aromatic heterocycles. The van der Waals surface area contributed by atoms with E-state index in [1.807, 2.05) is 87.6 Å². The fourth-order valence-corrected chi connectivity index (χ4v) is 4.24. The zero-order valence-corrected chi connectivity index (χ0v) is 24.0. The number of carbonyl (C=O) groups is 1. The molecule has 0 heterocycles. The summed E-state index contributed by atoms with van der Waals surface area (Å²) in [5.74, 6) is 2.53. The molecule has 1 N–H and O–H groups in total. The molecule has 0 saturated heterocycles. The van der Waals surface area contributed by atoms with Crippen LogP contribution in [0.1, 0.15) is 47.3 Å². The normalized spacial score (nSPS) is 11.9. The Balaban J connectivity index is 1.87. The number of hydrogen-bond acceptors (Lipinski definition) is 6. The van der Waals surface area contributed by atoms with Gasteiger partial charge < -0.3 is 29.2 Å². The summed E-state index contributed by atoms with van der Waals surface area (Å²) in [4.78, 5) is 15.4. The van der Waals surface area contributed by atoms with Crippen LogP contribution in [0.25, 0.3) is 0 Å². The molecule has 0 unspecified atom stereocenters. The van der Waals surface area contributed by atoms with Crippen LogP contribution in [-0.4, -0.2) is 45.2 Å². The van der Waals surface area contributed by atoms with Crippen molar-refractivity contribution in [2.24, 2.45) is 0 Å². The predicted molar refractivity (Wildman–Crippen MR) is 155 cm³/mol. The van der Waals surface area contributed by atoms with E-state index in [0.717, 1.165) is 40.2 Å². The predicted octanol–water partition coefficient (Wildman–Crippen LogP) is 6.14. The molecule has 0 radical (unpaired) electrons. The topological polar surface area (TPSA) is 69.3 Å². The maximum atomic E-state index is 13.4. The molecule has 1 atom stereocenters. The Morgan fingerprint density at radius 3 is 1.90 bits per heavy atom. The smallest absolute Gasteiger partial charge is 0.252 e. The molecule has 208 valence electrons. The third-order valence-corrected chi connectivity index (χ3v) is 6.44. The lowest BCUT2D eigenvalue weighted by atomic mass is 10.0. The highest BCUT2D eigenvalue weighted by atomic mass is 16.5. The highest BCUT2D eigenvalue weighted by molar-refractivity contribution is 5.97. The van der Waals surface area contributed by atoms with Gasteiger partial charge in [0.05, 0.1) is 20.3 Å². The number of hydrogen-bond donors (Lipinski definition) is 1. The van der Waals surface area contributed by atoms with Crippen LogP contribution in [0, 0.1) is 6.92 Å². The molecule has 0 saturated carbocycles. The van der Waals surface area contributed by atoms with Gasteiger partial charge in [0.25, 0.3) is 5.91 Å². The average molecular weight is 533 g/mol. The fraction of sp³-hybridized carbons (Fsp3) is 0.344. The number of methoxy groups -OCH3 is 2. The lowest BCUT2D eigenvalue weighted by Crippen LogP contribution is -2.36. The number of ether oxygens (including phenoxy) is 4. The van der Waals surface area contributed by atoms with Gasteiger partial charge in [-0.25, -0.2) is 0 Å². The van der Waals surface area contributed by atoms with E-state index < -0.39 is 0 Å². The molecule has 3 rings (SSSR count). The minimum Gasteiger partial charge on any atom is -0.497 e. The van der Waals surface area contributed by atoms with Crippen LogP contribution in [0.2, 0.25) is 0 Å². The van der Waals surface area contributed by atoms with Crippen molar-refractivity contribution in [2.45, 2.75) is 46.4 Å². The van der Waals surface area contributed by atoms with Gasteiger partial charge in [0.15, 0.2) is 11.5 Å². The Morgan fingerprint density at radius 2 is 1.41 bits per heavy atom. The number of amides is 1. The summed E-state index contributed by atoms with van der Waals surface area (Å²) in [6.07, 6.45) is 2.81. The molecule has 1 amide bonds. The molecule has 7 nitrogen and oxygen atoms in total. The summed E-state index contributed by atoms with van der Waals surface area (Å²) in [5, 5.41) is 3.17. The second-order valence-electron chi connectivity index (χ2n) is 9.61. The second-order valence-corrected chi connectivity index (χ2v) is 9.61. The molecule has 0 aliphatic heterocycles. The Labute approximate surface area is 232 Å². The van der Waals surface area contributed by atoms with E-state index in [9.17, 15) is 4.79 Å². The van der Waals surface area contributed by atoms with Crippen molar-refractivity contribution < 1.29 is 23.7 Å².